The quantitative estimate of drug-likeness (QED) is 0.655. The van der Waals surface area contributed by atoms with E-state index in [4.69, 9.17) is 5.84 Å². The fraction of sp³-hybridized carbons (Fsp3) is 0.308. The molecule has 0 fully saturated rings. The minimum atomic E-state index is -4.20. The van der Waals surface area contributed by atoms with E-state index in [-0.39, 0.29) is 6.42 Å². The molecule has 1 aromatic carbocycles. The Bertz CT molecular complexity index is 536. The summed E-state index contributed by atoms with van der Waals surface area (Å²) in [6.45, 7) is 0. The number of nitrogens with zero attached hydrogens (tertiary/aromatic N) is 2. The summed E-state index contributed by atoms with van der Waals surface area (Å²) >= 11 is 0. The molecule has 2 aromatic rings. The van der Waals surface area contributed by atoms with Crippen molar-refractivity contribution in [3.63, 3.8) is 0 Å². The van der Waals surface area contributed by atoms with Gasteiger partial charge < -0.3 is 0 Å². The third-order valence-corrected chi connectivity index (χ3v) is 2.95. The highest BCUT2D eigenvalue weighted by molar-refractivity contribution is 5.33. The number of benzene rings is 1. The van der Waals surface area contributed by atoms with Crippen molar-refractivity contribution in [1.82, 2.24) is 15.2 Å². The van der Waals surface area contributed by atoms with Crippen molar-refractivity contribution in [2.75, 3.05) is 0 Å². The smallest absolute Gasteiger partial charge is 0.271 e. The van der Waals surface area contributed by atoms with E-state index in [2.05, 4.69) is 10.5 Å². The summed E-state index contributed by atoms with van der Waals surface area (Å²) in [4.78, 5) is 0. The molecule has 0 spiro atoms. The van der Waals surface area contributed by atoms with E-state index in [9.17, 15) is 13.2 Å². The fourth-order valence-corrected chi connectivity index (χ4v) is 1.99. The zero-order valence-corrected chi connectivity index (χ0v) is 10.6. The molecule has 3 N–H and O–H groups in total. The van der Waals surface area contributed by atoms with E-state index in [0.717, 1.165) is 5.69 Å². The first-order valence-corrected chi connectivity index (χ1v) is 6.13. The number of alkyl halides is 3. The first-order chi connectivity index (χ1) is 9.51. The second-order valence-electron chi connectivity index (χ2n) is 4.38. The molecule has 0 saturated carbocycles. The van der Waals surface area contributed by atoms with E-state index >= 15 is 0 Å². The van der Waals surface area contributed by atoms with Crippen molar-refractivity contribution in [3.8, 4) is 5.69 Å². The van der Waals surface area contributed by atoms with E-state index in [0.29, 0.717) is 5.69 Å². The Balaban J connectivity index is 2.21. The number of nitrogens with two attached hydrogens (primary N) is 1. The van der Waals surface area contributed by atoms with Crippen LogP contribution in [0.4, 0.5) is 13.2 Å². The van der Waals surface area contributed by atoms with Crippen molar-refractivity contribution >= 4 is 0 Å². The van der Waals surface area contributed by atoms with Gasteiger partial charge in [0.05, 0.1) is 17.4 Å². The van der Waals surface area contributed by atoms with Crippen LogP contribution in [-0.4, -0.2) is 16.0 Å². The summed E-state index contributed by atoms with van der Waals surface area (Å²) in [5.41, 5.74) is 3.80. The number of aromatic nitrogens is 2. The van der Waals surface area contributed by atoms with Gasteiger partial charge in [0.25, 0.3) is 0 Å². The zero-order valence-electron chi connectivity index (χ0n) is 10.6. The van der Waals surface area contributed by atoms with Gasteiger partial charge in [-0.05, 0) is 24.6 Å². The van der Waals surface area contributed by atoms with E-state index in [1.54, 1.807) is 16.9 Å². The Morgan fingerprint density at radius 2 is 1.90 bits per heavy atom. The number of hydrazine groups is 1. The van der Waals surface area contributed by atoms with Crippen LogP contribution >= 0.6 is 0 Å². The molecule has 0 radical (unpaired) electrons. The van der Waals surface area contributed by atoms with Crippen molar-refractivity contribution in [1.29, 1.82) is 0 Å². The summed E-state index contributed by atoms with van der Waals surface area (Å²) in [6.07, 6.45) is -3.70. The summed E-state index contributed by atoms with van der Waals surface area (Å²) in [5.74, 6) is 5.38. The number of para-hydroxylation sites is 1. The molecule has 1 aromatic heterocycles. The SMILES string of the molecule is NNC(CCC(F)(F)F)c1ccnn1-c1ccccc1. The average Bonchev–Trinajstić information content (AvgIpc) is 2.88. The van der Waals surface area contributed by atoms with E-state index < -0.39 is 18.6 Å². The van der Waals surface area contributed by atoms with Gasteiger partial charge in [0.1, 0.15) is 0 Å². The molecule has 1 heterocycles. The Morgan fingerprint density at radius 3 is 2.50 bits per heavy atom. The van der Waals surface area contributed by atoms with Crippen LogP contribution in [0, 0.1) is 0 Å². The molecule has 108 valence electrons. The van der Waals surface area contributed by atoms with Crippen LogP contribution in [0.3, 0.4) is 0 Å². The van der Waals surface area contributed by atoms with Crippen molar-refractivity contribution < 1.29 is 13.2 Å². The van der Waals surface area contributed by atoms with Crippen LogP contribution < -0.4 is 11.3 Å². The molecule has 1 unspecified atom stereocenters. The molecule has 0 amide bonds. The second-order valence-corrected chi connectivity index (χ2v) is 4.38. The van der Waals surface area contributed by atoms with Crippen LogP contribution in [0.15, 0.2) is 42.6 Å². The molecule has 0 saturated heterocycles. The molecule has 20 heavy (non-hydrogen) atoms. The summed E-state index contributed by atoms with van der Waals surface area (Å²) in [5, 5.41) is 4.14. The normalized spacial score (nSPS) is 13.4. The predicted octanol–water partition coefficient (Wildman–Crippen LogP) is 2.72. The van der Waals surface area contributed by atoms with Gasteiger partial charge in [0.2, 0.25) is 0 Å². The number of nitrogens with one attached hydrogen (secondary N) is 1. The van der Waals surface area contributed by atoms with E-state index in [1.807, 2.05) is 30.3 Å². The third-order valence-electron chi connectivity index (χ3n) is 2.95. The maximum Gasteiger partial charge on any atom is 0.389 e. The maximum atomic E-state index is 12.3. The Labute approximate surface area is 114 Å². The van der Waals surface area contributed by atoms with Crippen LogP contribution in [0.1, 0.15) is 24.6 Å². The number of hydrogen-bond donors (Lipinski definition) is 2. The maximum absolute atomic E-state index is 12.3. The van der Waals surface area contributed by atoms with Gasteiger partial charge >= 0.3 is 6.18 Å². The van der Waals surface area contributed by atoms with Crippen LogP contribution in [0.25, 0.3) is 5.69 Å². The fourth-order valence-electron chi connectivity index (χ4n) is 1.99. The highest BCUT2D eigenvalue weighted by atomic mass is 19.4. The standard InChI is InChI=1S/C13H15F3N4/c14-13(15,16)8-6-11(19-17)12-7-9-18-20(12)10-4-2-1-3-5-10/h1-5,7,9,11,19H,6,8,17H2. The minimum Gasteiger partial charge on any atom is -0.271 e. The Hall–Kier alpha value is -1.86. The average molecular weight is 284 g/mol. The predicted molar refractivity (Wildman–Crippen MR) is 68.9 cm³/mol. The monoisotopic (exact) mass is 284 g/mol. The van der Waals surface area contributed by atoms with Gasteiger partial charge in [-0.3, -0.25) is 11.3 Å². The molecule has 2 rings (SSSR count). The largest absolute Gasteiger partial charge is 0.389 e. The lowest BCUT2D eigenvalue weighted by atomic mass is 10.1. The number of halogens is 3. The van der Waals surface area contributed by atoms with Gasteiger partial charge in [-0.1, -0.05) is 18.2 Å². The lowest BCUT2D eigenvalue weighted by molar-refractivity contribution is -0.136. The third kappa shape index (κ3) is 3.58. The molecular weight excluding hydrogens is 269 g/mol. The summed E-state index contributed by atoms with van der Waals surface area (Å²) < 4.78 is 38.6. The zero-order chi connectivity index (χ0) is 14.6. The molecule has 0 aliphatic rings. The highest BCUT2D eigenvalue weighted by Crippen LogP contribution is 2.27. The molecule has 1 atom stereocenters. The van der Waals surface area contributed by atoms with Crippen LogP contribution in [0.5, 0.6) is 0 Å². The Kier molecular flexibility index (Phi) is 4.41. The van der Waals surface area contributed by atoms with Crippen molar-refractivity contribution in [2.24, 2.45) is 5.84 Å². The summed E-state index contributed by atoms with van der Waals surface area (Å²) in [7, 11) is 0. The highest BCUT2D eigenvalue weighted by Gasteiger charge is 2.29. The van der Waals surface area contributed by atoms with Crippen LogP contribution in [-0.2, 0) is 0 Å². The van der Waals surface area contributed by atoms with Crippen LogP contribution in [0.2, 0.25) is 0 Å². The van der Waals surface area contributed by atoms with Crippen molar-refractivity contribution in [2.45, 2.75) is 25.1 Å². The van der Waals surface area contributed by atoms with Gasteiger partial charge in [0.15, 0.2) is 0 Å². The lowest BCUT2D eigenvalue weighted by Gasteiger charge is -2.18. The first kappa shape index (κ1) is 14.5. The van der Waals surface area contributed by atoms with Gasteiger partial charge in [0, 0.05) is 12.6 Å². The number of rotatable bonds is 5. The molecule has 7 heteroatoms. The van der Waals surface area contributed by atoms with Gasteiger partial charge in [-0.15, -0.1) is 0 Å². The molecule has 0 bridgehead atoms. The first-order valence-electron chi connectivity index (χ1n) is 6.13. The minimum absolute atomic E-state index is 0.140. The molecule has 0 aliphatic carbocycles. The van der Waals surface area contributed by atoms with Gasteiger partial charge in [-0.2, -0.15) is 18.3 Å². The Morgan fingerprint density at radius 1 is 1.20 bits per heavy atom. The van der Waals surface area contributed by atoms with E-state index in [1.165, 1.54) is 0 Å². The number of hydrogen-bond acceptors (Lipinski definition) is 3. The van der Waals surface area contributed by atoms with Crippen molar-refractivity contribution in [3.05, 3.63) is 48.3 Å². The molecular formula is C13H15F3N4. The summed E-state index contributed by atoms with van der Waals surface area (Å²) in [6, 6.07) is 10.2. The molecule has 0 aliphatic heterocycles. The lowest BCUT2D eigenvalue weighted by Crippen LogP contribution is -2.30. The molecule has 4 nitrogen and oxygen atoms in total. The second kappa shape index (κ2) is 6.06. The van der Waals surface area contributed by atoms with Gasteiger partial charge in [-0.25, -0.2) is 4.68 Å². The topological polar surface area (TPSA) is 55.9 Å².